The molecule has 6 aromatic carbocycles. The number of hydrogen-bond donors (Lipinski definition) is 0. The molecule has 0 saturated carbocycles. The number of carbonyl (C=O) groups is 2. The fourth-order valence-corrected chi connectivity index (χ4v) is 8.83. The molecular formula is C76H68O6. The number of carbonyl (C=O) groups excluding carboxylic acids is 2. The van der Waals surface area contributed by atoms with Crippen LogP contribution in [-0.4, -0.2) is 39.4 Å². The lowest BCUT2D eigenvalue weighted by Crippen LogP contribution is -2.00. The van der Waals surface area contributed by atoms with Crippen molar-refractivity contribution in [1.29, 1.82) is 0 Å². The molecule has 0 fully saturated rings. The van der Waals surface area contributed by atoms with Crippen LogP contribution in [0.3, 0.4) is 0 Å². The molecule has 0 aliphatic heterocycles. The highest BCUT2D eigenvalue weighted by Gasteiger charge is 2.08. The topological polar surface area (TPSA) is 71.1 Å². The molecule has 0 spiro atoms. The SMILES string of the molecule is COC(=O)CCCCCCCCCCOc1cc2ccc1C#Cc1ccccc1C#CC#Cc1ccccc1C#Cc1ccc(cc1OCCCCCCCCCCC(=O)OC)C#Cc1ccccc1C#CC#Cc1ccccc1C#C2. The molecule has 0 N–H and O–H groups in total. The van der Waals surface area contributed by atoms with Gasteiger partial charge in [0.1, 0.15) is 11.5 Å². The van der Waals surface area contributed by atoms with Gasteiger partial charge in [-0.05, 0) is 134 Å². The zero-order valence-electron chi connectivity index (χ0n) is 47.3. The number of unbranched alkanes of at least 4 members (excludes halogenated alkanes) is 14. The third-order valence-electron chi connectivity index (χ3n) is 13.5. The van der Waals surface area contributed by atoms with E-state index in [1.54, 1.807) is 0 Å². The summed E-state index contributed by atoms with van der Waals surface area (Å²) in [6.45, 7) is 1.09. The molecule has 408 valence electrons. The van der Waals surface area contributed by atoms with E-state index in [4.69, 9.17) is 18.9 Å². The van der Waals surface area contributed by atoms with Gasteiger partial charge in [0.25, 0.3) is 0 Å². The summed E-state index contributed by atoms with van der Waals surface area (Å²) in [6, 6.07) is 43.1. The van der Waals surface area contributed by atoms with Gasteiger partial charge in [-0.1, -0.05) is 197 Å². The Labute approximate surface area is 487 Å². The molecule has 0 aromatic heterocycles. The summed E-state index contributed by atoms with van der Waals surface area (Å²) in [6.07, 6.45) is 17.8. The first kappa shape index (κ1) is 60.0. The van der Waals surface area contributed by atoms with Crippen LogP contribution in [0.2, 0.25) is 0 Å². The monoisotopic (exact) mass is 1080 g/mol. The molecule has 6 heteroatoms. The molecule has 4 bridgehead atoms. The summed E-state index contributed by atoms with van der Waals surface area (Å²) in [5.41, 5.74) is 9.26. The Kier molecular flexibility index (Phi) is 25.6. The van der Waals surface area contributed by atoms with Crippen LogP contribution in [0.15, 0.2) is 133 Å². The number of benzene rings is 6. The van der Waals surface area contributed by atoms with Crippen LogP contribution in [-0.2, 0) is 19.1 Å². The van der Waals surface area contributed by atoms with Crippen molar-refractivity contribution in [3.63, 3.8) is 0 Å². The summed E-state index contributed by atoms with van der Waals surface area (Å²) in [4.78, 5) is 22.8. The highest BCUT2D eigenvalue weighted by molar-refractivity contribution is 5.69. The minimum absolute atomic E-state index is 0.137. The molecule has 0 heterocycles. The predicted molar refractivity (Wildman–Crippen MR) is 328 cm³/mol. The average Bonchev–Trinajstić information content (AvgIpc) is 3.63. The summed E-state index contributed by atoms with van der Waals surface area (Å²) in [5.74, 6) is 53.2. The summed E-state index contributed by atoms with van der Waals surface area (Å²) in [7, 11) is 2.88. The maximum Gasteiger partial charge on any atom is 0.305 e. The number of rotatable bonds is 24. The second-order valence-corrected chi connectivity index (χ2v) is 19.6. The highest BCUT2D eigenvalue weighted by atomic mass is 16.5. The molecule has 82 heavy (non-hydrogen) atoms. The zero-order chi connectivity index (χ0) is 57.1. The lowest BCUT2D eigenvalue weighted by molar-refractivity contribution is -0.141. The molecule has 6 nitrogen and oxygen atoms in total. The van der Waals surface area contributed by atoms with Crippen LogP contribution in [0.5, 0.6) is 11.5 Å². The van der Waals surface area contributed by atoms with Gasteiger partial charge in [-0.2, -0.15) is 0 Å². The Balaban J connectivity index is 1.15. The summed E-state index contributed by atoms with van der Waals surface area (Å²) < 4.78 is 22.5. The number of hydrogen-bond acceptors (Lipinski definition) is 6. The van der Waals surface area contributed by atoms with Crippen LogP contribution in [0.4, 0.5) is 0 Å². The molecule has 0 saturated heterocycles. The van der Waals surface area contributed by atoms with Crippen LogP contribution in [0, 0.1) is 94.7 Å². The summed E-state index contributed by atoms with van der Waals surface area (Å²) >= 11 is 0. The lowest BCUT2D eigenvalue weighted by Gasteiger charge is -2.09. The van der Waals surface area contributed by atoms with Gasteiger partial charge < -0.3 is 18.9 Å². The van der Waals surface area contributed by atoms with Gasteiger partial charge in [0.05, 0.1) is 38.6 Å². The summed E-state index contributed by atoms with van der Waals surface area (Å²) in [5, 5.41) is 0. The first-order valence-corrected chi connectivity index (χ1v) is 28.6. The Bertz CT molecular complexity index is 3440. The van der Waals surface area contributed by atoms with Crippen molar-refractivity contribution >= 4 is 11.9 Å². The molecule has 0 radical (unpaired) electrons. The van der Waals surface area contributed by atoms with Crippen LogP contribution >= 0.6 is 0 Å². The lowest BCUT2D eigenvalue weighted by atomic mass is 10.0. The van der Waals surface area contributed by atoms with E-state index in [2.05, 4.69) is 94.7 Å². The smallest absolute Gasteiger partial charge is 0.305 e. The highest BCUT2D eigenvalue weighted by Crippen LogP contribution is 2.24. The van der Waals surface area contributed by atoms with Crippen molar-refractivity contribution in [3.8, 4) is 106 Å². The Morgan fingerprint density at radius 2 is 0.549 bits per heavy atom. The molecule has 6 aromatic rings. The van der Waals surface area contributed by atoms with E-state index in [1.165, 1.54) is 14.2 Å². The third-order valence-corrected chi connectivity index (χ3v) is 13.5. The second kappa shape index (κ2) is 35.1. The van der Waals surface area contributed by atoms with Crippen LogP contribution < -0.4 is 9.47 Å². The zero-order valence-corrected chi connectivity index (χ0v) is 47.3. The fourth-order valence-electron chi connectivity index (χ4n) is 8.83. The first-order valence-electron chi connectivity index (χ1n) is 28.6. The third kappa shape index (κ3) is 21.2. The van der Waals surface area contributed by atoms with Crippen molar-refractivity contribution in [2.45, 2.75) is 116 Å². The maximum absolute atomic E-state index is 11.4. The van der Waals surface area contributed by atoms with E-state index in [0.29, 0.717) is 37.6 Å². The predicted octanol–water partition coefficient (Wildman–Crippen LogP) is 14.5. The van der Waals surface area contributed by atoms with Crippen molar-refractivity contribution < 1.29 is 28.5 Å². The van der Waals surface area contributed by atoms with E-state index < -0.39 is 0 Å². The molecule has 0 unspecified atom stereocenters. The average molecular weight is 1080 g/mol. The number of methoxy groups -OCH3 is 2. The van der Waals surface area contributed by atoms with E-state index >= 15 is 0 Å². The standard InChI is InChI=1S/C76H68O6/c1-79-75(77)43-15-11-7-3-5-9-13-29-57-81-73-59-61-45-49-67-39-25-21-33-63(67)31-17-18-32-64-34-22-26-40-68(64)50-46-62-48-52-72(74(60-62)82-58-30-14-10-6-4-8-12-16-44-76(78)80-2)56-54-70-42-28-24-38-66(70)36-20-19-35-65-37-23-27-41-69(65)53-55-71(73)51-47-61/h21-28,33-34,37-42,47-48,51-52,59-60H,3-16,29-30,43-44,57-58H2,1-2H3. The van der Waals surface area contributed by atoms with Crippen molar-refractivity contribution in [2.75, 3.05) is 27.4 Å². The number of esters is 2. The molecule has 0 atom stereocenters. The minimum Gasteiger partial charge on any atom is -0.492 e. The second-order valence-electron chi connectivity index (χ2n) is 19.6. The Morgan fingerprint density at radius 3 is 0.854 bits per heavy atom. The van der Waals surface area contributed by atoms with Gasteiger partial charge >= 0.3 is 11.9 Å². The Morgan fingerprint density at radius 1 is 0.293 bits per heavy atom. The normalized spacial score (nSPS) is 10.7. The van der Waals surface area contributed by atoms with Gasteiger partial charge in [-0.25, -0.2) is 0 Å². The van der Waals surface area contributed by atoms with E-state index in [0.717, 1.165) is 169 Å². The minimum atomic E-state index is -0.137. The van der Waals surface area contributed by atoms with E-state index in [9.17, 15) is 9.59 Å². The van der Waals surface area contributed by atoms with Gasteiger partial charge in [0.15, 0.2) is 0 Å². The quantitative estimate of drug-likeness (QED) is 0.0342. The van der Waals surface area contributed by atoms with E-state index in [1.807, 2.05) is 133 Å². The van der Waals surface area contributed by atoms with Crippen LogP contribution in [0.25, 0.3) is 0 Å². The van der Waals surface area contributed by atoms with Crippen molar-refractivity contribution in [3.05, 3.63) is 200 Å². The number of ether oxygens (including phenoxy) is 4. The first-order chi connectivity index (χ1) is 40.4. The Hall–Kier alpha value is -9.66. The maximum atomic E-state index is 11.4. The van der Waals surface area contributed by atoms with Crippen molar-refractivity contribution in [2.24, 2.45) is 0 Å². The molecule has 4 aliphatic rings. The van der Waals surface area contributed by atoms with Gasteiger partial charge in [0.2, 0.25) is 0 Å². The van der Waals surface area contributed by atoms with Gasteiger partial charge in [0, 0.05) is 68.5 Å². The molecule has 10 rings (SSSR count). The molecule has 4 aliphatic carbocycles. The largest absolute Gasteiger partial charge is 0.492 e. The molecular weight excluding hydrogens is 1010 g/mol. The van der Waals surface area contributed by atoms with E-state index in [-0.39, 0.29) is 11.9 Å². The van der Waals surface area contributed by atoms with Crippen LogP contribution in [0.1, 0.15) is 182 Å². The van der Waals surface area contributed by atoms with Gasteiger partial charge in [-0.15, -0.1) is 0 Å². The molecule has 0 amide bonds. The van der Waals surface area contributed by atoms with Crippen molar-refractivity contribution in [1.82, 2.24) is 0 Å². The van der Waals surface area contributed by atoms with Gasteiger partial charge in [-0.3, -0.25) is 9.59 Å². The fraction of sp³-hybridized carbons (Fsp3) is 0.289.